The van der Waals surface area contributed by atoms with Crippen molar-refractivity contribution in [2.45, 2.75) is 0 Å². The third-order valence-corrected chi connectivity index (χ3v) is 1.28. The molecule has 0 aromatic carbocycles. The number of halogens is 1. The molecular weight excluding hydrogens is 215 g/mol. The summed E-state index contributed by atoms with van der Waals surface area (Å²) in [4.78, 5) is 0. The van der Waals surface area contributed by atoms with Gasteiger partial charge in [0.25, 0.3) is 0 Å². The van der Waals surface area contributed by atoms with Gasteiger partial charge in [0.15, 0.2) is 0 Å². The van der Waals surface area contributed by atoms with Crippen LogP contribution in [0, 0.1) is 5.41 Å². The monoisotopic (exact) mass is 222 g/mol. The van der Waals surface area contributed by atoms with Crippen LogP contribution in [0.1, 0.15) is 0 Å². The van der Waals surface area contributed by atoms with Gasteiger partial charge in [0.05, 0.1) is 0 Å². The van der Waals surface area contributed by atoms with Gasteiger partial charge in [-0.05, 0) is 22.6 Å². The summed E-state index contributed by atoms with van der Waals surface area (Å²) in [5, 5.41) is 7.02. The summed E-state index contributed by atoms with van der Waals surface area (Å²) >= 11 is 1.87. The minimum Gasteiger partial charge on any atom is -0.404 e. The van der Waals surface area contributed by atoms with E-state index < -0.39 is 0 Å². The molecule has 44 valence electrons. The first kappa shape index (κ1) is 7.68. The molecule has 0 spiro atoms. The van der Waals surface area contributed by atoms with Crippen molar-refractivity contribution in [2.24, 2.45) is 5.73 Å². The first-order valence-corrected chi connectivity index (χ1v) is 3.09. The van der Waals surface area contributed by atoms with Crippen LogP contribution in [0.25, 0.3) is 0 Å². The molecule has 0 bridgehead atoms. The Kier molecular flexibility index (Phi) is 3.51. The number of nitrogens with one attached hydrogen (secondary N) is 1. The molecule has 3 N–H and O–H groups in total. The Morgan fingerprint density at radius 1 is 1.75 bits per heavy atom. The van der Waals surface area contributed by atoms with E-state index in [-0.39, 0.29) is 0 Å². The Balaban J connectivity index is 4.13. The fourth-order valence-electron chi connectivity index (χ4n) is 0.231. The molecule has 8 heavy (non-hydrogen) atoms. The van der Waals surface area contributed by atoms with Crippen LogP contribution in [0.15, 0.2) is 24.4 Å². The summed E-state index contributed by atoms with van der Waals surface area (Å²) in [6.45, 7) is 3.46. The first-order chi connectivity index (χ1) is 3.72. The van der Waals surface area contributed by atoms with Crippen LogP contribution in [-0.2, 0) is 0 Å². The van der Waals surface area contributed by atoms with Gasteiger partial charge in [0.2, 0.25) is 0 Å². The molecule has 0 aliphatic rings. The zero-order valence-corrected chi connectivity index (χ0v) is 6.47. The highest BCUT2D eigenvalue weighted by atomic mass is 127. The van der Waals surface area contributed by atoms with Gasteiger partial charge >= 0.3 is 0 Å². The quantitative estimate of drug-likeness (QED) is 0.414. The lowest BCUT2D eigenvalue weighted by Crippen LogP contribution is -1.91. The van der Waals surface area contributed by atoms with Crippen molar-refractivity contribution in [3.8, 4) is 0 Å². The zero-order chi connectivity index (χ0) is 6.57. The Morgan fingerprint density at radius 2 is 2.25 bits per heavy atom. The summed E-state index contributed by atoms with van der Waals surface area (Å²) < 4.78 is 0.417. The van der Waals surface area contributed by atoms with E-state index in [4.69, 9.17) is 11.1 Å². The lowest BCUT2D eigenvalue weighted by atomic mass is 10.3. The van der Waals surface area contributed by atoms with Crippen molar-refractivity contribution in [3.05, 3.63) is 24.4 Å². The van der Waals surface area contributed by atoms with E-state index in [9.17, 15) is 0 Å². The van der Waals surface area contributed by atoms with Gasteiger partial charge in [-0.15, -0.1) is 0 Å². The van der Waals surface area contributed by atoms with Gasteiger partial charge in [-0.1, -0.05) is 12.7 Å². The predicted molar refractivity (Wildman–Crippen MR) is 44.2 cm³/mol. The molecule has 0 unspecified atom stereocenters. The van der Waals surface area contributed by atoms with Crippen LogP contribution in [0.4, 0.5) is 0 Å². The molecule has 0 aliphatic carbocycles. The minimum absolute atomic E-state index is 0.417. The van der Waals surface area contributed by atoms with Crippen LogP contribution in [0.5, 0.6) is 0 Å². The molecular formula is C5H7IN2. The van der Waals surface area contributed by atoms with E-state index in [2.05, 4.69) is 6.58 Å². The molecule has 0 saturated carbocycles. The topological polar surface area (TPSA) is 49.9 Å². The molecule has 0 radical (unpaired) electrons. The van der Waals surface area contributed by atoms with Crippen molar-refractivity contribution in [1.82, 2.24) is 0 Å². The summed E-state index contributed by atoms with van der Waals surface area (Å²) in [7, 11) is 0. The van der Waals surface area contributed by atoms with Gasteiger partial charge in [-0.3, -0.25) is 5.41 Å². The number of hydrogen-bond acceptors (Lipinski definition) is 2. The van der Waals surface area contributed by atoms with Crippen molar-refractivity contribution in [2.75, 3.05) is 0 Å². The van der Waals surface area contributed by atoms with Crippen LogP contribution >= 0.6 is 22.6 Å². The largest absolute Gasteiger partial charge is 0.404 e. The molecule has 0 saturated heterocycles. The lowest BCUT2D eigenvalue weighted by Gasteiger charge is -1.89. The maximum Gasteiger partial charge on any atom is 0.101 e. The van der Waals surface area contributed by atoms with Gasteiger partial charge in [0, 0.05) is 11.8 Å². The third-order valence-electron chi connectivity index (χ3n) is 0.653. The predicted octanol–water partition coefficient (Wildman–Crippen LogP) is 1.43. The lowest BCUT2D eigenvalue weighted by molar-refractivity contribution is 1.51. The Bertz CT molecular complexity index is 137. The average molecular weight is 222 g/mol. The van der Waals surface area contributed by atoms with Gasteiger partial charge < -0.3 is 5.73 Å². The summed E-state index contributed by atoms with van der Waals surface area (Å²) in [6.07, 6.45) is 2.91. The maximum absolute atomic E-state index is 7.02. The van der Waals surface area contributed by atoms with Crippen LogP contribution in [0.3, 0.4) is 0 Å². The van der Waals surface area contributed by atoms with E-state index in [1.54, 1.807) is 6.08 Å². The Hall–Kier alpha value is -0.320. The number of hydrogen-bond donors (Lipinski definition) is 2. The fraction of sp³-hybridized carbons (Fsp3) is 0. The fourth-order valence-corrected chi connectivity index (χ4v) is 0.631. The number of nitrogens with two attached hydrogens (primary N) is 1. The molecule has 0 aromatic heterocycles. The standard InChI is InChI=1S/C5H7IN2/c1-2-4(3-7)5(6)8/h2-3,8H,1,7H2/b4-3-,8-5?. The van der Waals surface area contributed by atoms with Crippen LogP contribution in [0.2, 0.25) is 0 Å². The Labute approximate surface area is 62.1 Å². The third kappa shape index (κ3) is 2.11. The van der Waals surface area contributed by atoms with Crippen molar-refractivity contribution < 1.29 is 0 Å². The second-order valence-corrected chi connectivity index (χ2v) is 2.22. The second kappa shape index (κ2) is 3.65. The summed E-state index contributed by atoms with van der Waals surface area (Å²) in [6, 6.07) is 0. The molecule has 2 nitrogen and oxygen atoms in total. The minimum atomic E-state index is 0.417. The SMILES string of the molecule is C=C/C(=C/N)C(=N)I. The Morgan fingerprint density at radius 3 is 2.25 bits per heavy atom. The molecule has 0 fully saturated rings. The second-order valence-electron chi connectivity index (χ2n) is 1.14. The summed E-state index contributed by atoms with van der Waals surface area (Å²) in [5.74, 6) is 0. The molecule has 0 heterocycles. The van der Waals surface area contributed by atoms with Gasteiger partial charge in [-0.25, -0.2) is 0 Å². The summed E-state index contributed by atoms with van der Waals surface area (Å²) in [5.41, 5.74) is 5.78. The van der Waals surface area contributed by atoms with E-state index in [0.29, 0.717) is 9.29 Å². The molecule has 0 amide bonds. The molecule has 0 atom stereocenters. The van der Waals surface area contributed by atoms with Crippen LogP contribution < -0.4 is 5.73 Å². The van der Waals surface area contributed by atoms with E-state index in [1.165, 1.54) is 6.20 Å². The van der Waals surface area contributed by atoms with E-state index in [0.717, 1.165) is 0 Å². The smallest absolute Gasteiger partial charge is 0.101 e. The van der Waals surface area contributed by atoms with Gasteiger partial charge in [0.1, 0.15) is 3.72 Å². The molecule has 0 aromatic rings. The van der Waals surface area contributed by atoms with E-state index >= 15 is 0 Å². The average Bonchev–Trinajstić information content (AvgIpc) is 1.69. The zero-order valence-electron chi connectivity index (χ0n) is 4.32. The van der Waals surface area contributed by atoms with Crippen LogP contribution in [-0.4, -0.2) is 3.72 Å². The first-order valence-electron chi connectivity index (χ1n) is 2.01. The highest BCUT2D eigenvalue weighted by Gasteiger charge is 1.90. The molecule has 0 rings (SSSR count). The number of rotatable bonds is 2. The molecule has 0 aliphatic heterocycles. The van der Waals surface area contributed by atoms with E-state index in [1.807, 2.05) is 22.6 Å². The van der Waals surface area contributed by atoms with Crippen molar-refractivity contribution >= 4 is 26.3 Å². The maximum atomic E-state index is 7.02. The number of allylic oxidation sites excluding steroid dienone is 2. The highest BCUT2D eigenvalue weighted by Crippen LogP contribution is 2.01. The highest BCUT2D eigenvalue weighted by molar-refractivity contribution is 14.1. The normalized spacial score (nSPS) is 10.9. The van der Waals surface area contributed by atoms with Crippen molar-refractivity contribution in [3.63, 3.8) is 0 Å². The van der Waals surface area contributed by atoms with Crippen molar-refractivity contribution in [1.29, 1.82) is 5.41 Å². The molecule has 3 heteroatoms. The van der Waals surface area contributed by atoms with Gasteiger partial charge in [-0.2, -0.15) is 0 Å².